The fourth-order valence-electron chi connectivity index (χ4n) is 6.69. The van der Waals surface area contributed by atoms with Crippen molar-refractivity contribution in [1.29, 1.82) is 0 Å². The van der Waals surface area contributed by atoms with Crippen LogP contribution in [0.25, 0.3) is 0 Å². The molecule has 2 aliphatic rings. The average Bonchev–Trinajstić information content (AvgIpc) is 3.44. The monoisotopic (exact) mass is 718 g/mol. The first-order valence-corrected chi connectivity index (χ1v) is 19.8. The first kappa shape index (κ1) is 40.9. The lowest BCUT2D eigenvalue weighted by Gasteiger charge is -2.30. The SMILES string of the molecule is Cc1ccc(S(=O)(=O)CNC(=O)C(=O)C2CCCCCCCCCC[C@H](NC(=O)OC(C)(C)C)C(=O)N3C[C@H](CC(C)C)C[C@H]3C(=O)N2)cc1. The van der Waals surface area contributed by atoms with Gasteiger partial charge in [-0.1, -0.05) is 82.9 Å². The van der Waals surface area contributed by atoms with Crippen molar-refractivity contribution < 1.29 is 37.1 Å². The van der Waals surface area contributed by atoms with Crippen molar-refractivity contribution in [3.8, 4) is 0 Å². The van der Waals surface area contributed by atoms with Crippen molar-refractivity contribution in [2.24, 2.45) is 11.8 Å². The Labute approximate surface area is 298 Å². The van der Waals surface area contributed by atoms with Crippen molar-refractivity contribution >= 4 is 39.4 Å². The van der Waals surface area contributed by atoms with Gasteiger partial charge in [-0.05, 0) is 77.3 Å². The Balaban J connectivity index is 1.85. The lowest BCUT2D eigenvalue weighted by atomic mass is 9.94. The number of carbonyl (C=O) groups is 5. The summed E-state index contributed by atoms with van der Waals surface area (Å²) in [5, 5.41) is 7.79. The smallest absolute Gasteiger partial charge is 0.408 e. The molecule has 0 bridgehead atoms. The zero-order valence-electron chi connectivity index (χ0n) is 30.7. The Hall–Kier alpha value is -3.48. The van der Waals surface area contributed by atoms with Crippen LogP contribution in [0.15, 0.2) is 29.2 Å². The van der Waals surface area contributed by atoms with Crippen molar-refractivity contribution in [3.05, 3.63) is 29.8 Å². The zero-order valence-corrected chi connectivity index (χ0v) is 31.5. The number of alkyl carbamates (subject to hydrolysis) is 1. The van der Waals surface area contributed by atoms with Gasteiger partial charge in [0.1, 0.15) is 23.6 Å². The standard InChI is InChI=1S/C37H58N4O8S/c1-25(2)21-27-22-31-33(43)39-29(32(42)34(44)38-24-50(47,48)28-19-17-26(3)18-20-28)15-13-11-9-7-8-10-12-14-16-30(35(45)41(31)23-27)40-36(46)49-37(4,5)6/h17-20,25,27,29-31H,7-16,21-24H2,1-6H3,(H,38,44)(H,39,43)(H,40,46)/t27-,29?,30+,31+/m1/s1. The first-order chi connectivity index (χ1) is 23.5. The number of nitrogens with one attached hydrogen (secondary N) is 3. The van der Waals surface area contributed by atoms with Gasteiger partial charge in [0.25, 0.3) is 5.91 Å². The second kappa shape index (κ2) is 18.7. The highest BCUT2D eigenvalue weighted by Crippen LogP contribution is 2.30. The van der Waals surface area contributed by atoms with E-state index < -0.39 is 63.1 Å². The van der Waals surface area contributed by atoms with Crippen LogP contribution in [0.1, 0.15) is 117 Å². The summed E-state index contributed by atoms with van der Waals surface area (Å²) in [7, 11) is -3.91. The van der Waals surface area contributed by atoms with Crippen LogP contribution < -0.4 is 16.0 Å². The van der Waals surface area contributed by atoms with Crippen LogP contribution in [0.5, 0.6) is 0 Å². The van der Waals surface area contributed by atoms with Crippen molar-refractivity contribution in [3.63, 3.8) is 0 Å². The molecule has 2 saturated heterocycles. The molecule has 2 heterocycles. The summed E-state index contributed by atoms with van der Waals surface area (Å²) in [6.07, 6.45) is 7.90. The van der Waals surface area contributed by atoms with Gasteiger partial charge in [0.05, 0.1) is 10.9 Å². The molecule has 280 valence electrons. The quantitative estimate of drug-likeness (QED) is 0.317. The molecule has 12 nitrogen and oxygen atoms in total. The Morgan fingerprint density at radius 1 is 0.940 bits per heavy atom. The van der Waals surface area contributed by atoms with Crippen molar-refractivity contribution in [2.75, 3.05) is 12.4 Å². The van der Waals surface area contributed by atoms with E-state index in [-0.39, 0.29) is 23.1 Å². The van der Waals surface area contributed by atoms with E-state index in [9.17, 15) is 32.4 Å². The van der Waals surface area contributed by atoms with Crippen molar-refractivity contribution in [1.82, 2.24) is 20.9 Å². The number of hydrogen-bond donors (Lipinski definition) is 3. The molecule has 0 radical (unpaired) electrons. The van der Waals surface area contributed by atoms with E-state index in [4.69, 9.17) is 4.74 Å². The number of aryl methyl sites for hydroxylation is 1. The molecule has 2 aliphatic heterocycles. The number of carbonyl (C=O) groups excluding carboxylic acids is 5. The summed E-state index contributed by atoms with van der Waals surface area (Å²) in [6, 6.07) is 3.17. The molecule has 13 heteroatoms. The maximum atomic E-state index is 14.2. The Kier molecular flexibility index (Phi) is 15.3. The number of ketones is 1. The Morgan fingerprint density at radius 2 is 1.52 bits per heavy atom. The second-order valence-corrected chi connectivity index (χ2v) is 17.3. The molecule has 0 aliphatic carbocycles. The van der Waals surface area contributed by atoms with E-state index >= 15 is 0 Å². The molecule has 4 atom stereocenters. The van der Waals surface area contributed by atoms with Gasteiger partial charge in [0, 0.05) is 6.54 Å². The van der Waals surface area contributed by atoms with Crippen LogP contribution in [0.2, 0.25) is 0 Å². The molecular formula is C37H58N4O8S. The van der Waals surface area contributed by atoms with Gasteiger partial charge < -0.3 is 25.6 Å². The highest BCUT2D eigenvalue weighted by Gasteiger charge is 2.43. The van der Waals surface area contributed by atoms with Crippen LogP contribution in [0.4, 0.5) is 4.79 Å². The van der Waals surface area contributed by atoms with E-state index in [1.807, 2.05) is 6.92 Å². The molecule has 2 fully saturated rings. The number of amides is 4. The number of rotatable bonds is 8. The largest absolute Gasteiger partial charge is 0.444 e. The highest BCUT2D eigenvalue weighted by molar-refractivity contribution is 7.91. The van der Waals surface area contributed by atoms with Crippen LogP contribution in [-0.2, 0) is 33.8 Å². The molecule has 0 aromatic heterocycles. The number of sulfone groups is 1. The van der Waals surface area contributed by atoms with Crippen LogP contribution in [0.3, 0.4) is 0 Å². The third-order valence-electron chi connectivity index (χ3n) is 9.16. The molecular weight excluding hydrogens is 660 g/mol. The first-order valence-electron chi connectivity index (χ1n) is 18.2. The summed E-state index contributed by atoms with van der Waals surface area (Å²) in [4.78, 5) is 69.1. The number of nitrogens with zero attached hydrogens (tertiary/aromatic N) is 1. The van der Waals surface area contributed by atoms with Gasteiger partial charge in [0.2, 0.25) is 17.6 Å². The minimum Gasteiger partial charge on any atom is -0.444 e. The molecule has 0 saturated carbocycles. The van der Waals surface area contributed by atoms with Gasteiger partial charge in [-0.25, -0.2) is 13.2 Å². The third-order valence-corrected chi connectivity index (χ3v) is 10.7. The van der Waals surface area contributed by atoms with Crippen molar-refractivity contribution in [2.45, 2.75) is 147 Å². The van der Waals surface area contributed by atoms with E-state index in [1.54, 1.807) is 32.9 Å². The maximum absolute atomic E-state index is 14.2. The fraction of sp³-hybridized carbons (Fsp3) is 0.703. The predicted molar refractivity (Wildman–Crippen MR) is 191 cm³/mol. The predicted octanol–water partition coefficient (Wildman–Crippen LogP) is 4.97. The number of hydrogen-bond acceptors (Lipinski definition) is 8. The van der Waals surface area contributed by atoms with E-state index in [2.05, 4.69) is 29.8 Å². The molecule has 1 unspecified atom stereocenters. The summed E-state index contributed by atoms with van der Waals surface area (Å²) >= 11 is 0. The maximum Gasteiger partial charge on any atom is 0.408 e. The van der Waals surface area contributed by atoms with E-state index in [1.165, 1.54) is 17.0 Å². The normalized spacial score (nSPS) is 23.4. The number of ether oxygens (including phenoxy) is 1. The average molecular weight is 719 g/mol. The molecule has 1 aromatic rings. The van der Waals surface area contributed by atoms with Crippen LogP contribution in [-0.4, -0.2) is 79.1 Å². The molecule has 50 heavy (non-hydrogen) atoms. The Morgan fingerprint density at radius 3 is 2.10 bits per heavy atom. The fourth-order valence-corrected chi connectivity index (χ4v) is 7.73. The third kappa shape index (κ3) is 13.0. The highest BCUT2D eigenvalue weighted by atomic mass is 32.2. The number of benzene rings is 1. The van der Waals surface area contributed by atoms with Crippen LogP contribution in [0, 0.1) is 18.8 Å². The number of Topliss-reactive ketones (excluding diaryl/α,β-unsaturated/α-hetero) is 1. The summed E-state index contributed by atoms with van der Waals surface area (Å²) in [6.45, 7) is 11.5. The molecule has 4 amide bonds. The topological polar surface area (TPSA) is 168 Å². The van der Waals surface area contributed by atoms with E-state index in [0.717, 1.165) is 56.9 Å². The van der Waals surface area contributed by atoms with Gasteiger partial charge in [0.15, 0.2) is 9.84 Å². The summed E-state index contributed by atoms with van der Waals surface area (Å²) in [5.74, 6) is -3.40. The second-order valence-electron chi connectivity index (χ2n) is 15.3. The molecule has 1 aromatic carbocycles. The number of fused-ring (bicyclic) bond motifs is 1. The van der Waals surface area contributed by atoms with E-state index in [0.29, 0.717) is 31.7 Å². The lowest BCUT2D eigenvalue weighted by molar-refractivity contribution is -0.143. The summed E-state index contributed by atoms with van der Waals surface area (Å²) < 4.78 is 31.2. The Bertz CT molecular complexity index is 1440. The van der Waals surface area contributed by atoms with Gasteiger partial charge in [-0.3, -0.25) is 19.2 Å². The van der Waals surface area contributed by atoms with Gasteiger partial charge >= 0.3 is 6.09 Å². The van der Waals surface area contributed by atoms with Gasteiger partial charge in [-0.15, -0.1) is 0 Å². The minimum absolute atomic E-state index is 0.0195. The summed E-state index contributed by atoms with van der Waals surface area (Å²) in [5.41, 5.74) is 0.114. The van der Waals surface area contributed by atoms with Gasteiger partial charge in [-0.2, -0.15) is 0 Å². The molecule has 0 spiro atoms. The molecule has 3 rings (SSSR count). The zero-order chi connectivity index (χ0) is 37.1. The lowest BCUT2D eigenvalue weighted by Crippen LogP contribution is -2.56. The van der Waals surface area contributed by atoms with Crippen LogP contribution >= 0.6 is 0 Å². The minimum atomic E-state index is -3.91. The molecule has 3 N–H and O–H groups in total.